The van der Waals surface area contributed by atoms with Crippen LogP contribution in [0.4, 0.5) is 0 Å². The van der Waals surface area contributed by atoms with Gasteiger partial charge in [-0.15, -0.1) is 5.10 Å². The van der Waals surface area contributed by atoms with Crippen LogP contribution in [0, 0.1) is 6.92 Å². The monoisotopic (exact) mass is 256 g/mol. The smallest absolute Gasteiger partial charge is 0.241 e. The van der Waals surface area contributed by atoms with Gasteiger partial charge in [-0.25, -0.2) is 0 Å². The number of aromatic amines is 1. The number of rotatable bonds is 2. The first-order valence-electron chi connectivity index (χ1n) is 6.89. The lowest BCUT2D eigenvalue weighted by atomic mass is 9.77. The fourth-order valence-electron chi connectivity index (χ4n) is 2.83. The highest BCUT2D eigenvalue weighted by atomic mass is 16.5. The number of hydrogen-bond donors (Lipinski definition) is 1. The first-order chi connectivity index (χ1) is 9.08. The molecule has 0 unspecified atom stereocenters. The second-order valence-electron chi connectivity index (χ2n) is 5.99. The largest absolute Gasteiger partial charge is 0.437 e. The molecule has 1 N–H and O–H groups in total. The van der Waals surface area contributed by atoms with Gasteiger partial charge < -0.3 is 4.74 Å². The highest BCUT2D eigenvalue weighted by Crippen LogP contribution is 2.40. The molecule has 0 radical (unpaired) electrons. The van der Waals surface area contributed by atoms with Gasteiger partial charge in [-0.1, -0.05) is 32.0 Å². The van der Waals surface area contributed by atoms with Crippen molar-refractivity contribution < 1.29 is 4.74 Å². The zero-order valence-electron chi connectivity index (χ0n) is 11.8. The SMILES string of the molecule is Cc1ccccc1Oc1n[nH]c2c1CCCC2(C)C. The normalized spacial score (nSPS) is 17.0. The number of benzene rings is 1. The zero-order chi connectivity index (χ0) is 13.5. The molecule has 0 bridgehead atoms. The predicted octanol–water partition coefficient (Wildman–Crippen LogP) is 4.12. The number of aromatic nitrogens is 2. The molecule has 0 atom stereocenters. The van der Waals surface area contributed by atoms with Gasteiger partial charge in [0.15, 0.2) is 0 Å². The number of ether oxygens (including phenoxy) is 1. The number of H-pyrrole nitrogens is 1. The Kier molecular flexibility index (Phi) is 2.85. The van der Waals surface area contributed by atoms with Gasteiger partial charge in [-0.2, -0.15) is 0 Å². The molecule has 2 aromatic rings. The summed E-state index contributed by atoms with van der Waals surface area (Å²) in [6.45, 7) is 6.58. The summed E-state index contributed by atoms with van der Waals surface area (Å²) in [6.07, 6.45) is 3.45. The minimum Gasteiger partial charge on any atom is -0.437 e. The van der Waals surface area contributed by atoms with Crippen molar-refractivity contribution >= 4 is 0 Å². The van der Waals surface area contributed by atoms with E-state index in [1.54, 1.807) is 0 Å². The van der Waals surface area contributed by atoms with Crippen LogP contribution in [0.1, 0.15) is 43.5 Å². The van der Waals surface area contributed by atoms with Crippen LogP contribution >= 0.6 is 0 Å². The summed E-state index contributed by atoms with van der Waals surface area (Å²) in [4.78, 5) is 0. The Hall–Kier alpha value is -1.77. The number of para-hydroxylation sites is 1. The van der Waals surface area contributed by atoms with Crippen LogP contribution in [0.5, 0.6) is 11.6 Å². The van der Waals surface area contributed by atoms with Gasteiger partial charge in [0.1, 0.15) is 5.75 Å². The van der Waals surface area contributed by atoms with Crippen LogP contribution in [0.25, 0.3) is 0 Å². The summed E-state index contributed by atoms with van der Waals surface area (Å²) in [5.41, 5.74) is 3.80. The fraction of sp³-hybridized carbons (Fsp3) is 0.438. The van der Waals surface area contributed by atoms with Gasteiger partial charge in [0, 0.05) is 16.7 Å². The average Bonchev–Trinajstić information content (AvgIpc) is 2.77. The summed E-state index contributed by atoms with van der Waals surface area (Å²) >= 11 is 0. The van der Waals surface area contributed by atoms with E-state index in [4.69, 9.17) is 4.74 Å². The highest BCUT2D eigenvalue weighted by Gasteiger charge is 2.32. The van der Waals surface area contributed by atoms with E-state index < -0.39 is 0 Å². The molecule has 19 heavy (non-hydrogen) atoms. The van der Waals surface area contributed by atoms with Crippen LogP contribution in [0.2, 0.25) is 0 Å². The lowest BCUT2D eigenvalue weighted by molar-refractivity contribution is 0.412. The molecule has 3 nitrogen and oxygen atoms in total. The Balaban J connectivity index is 1.96. The standard InChI is InChI=1S/C16H20N2O/c1-11-7-4-5-9-13(11)19-15-12-8-6-10-16(2,3)14(12)17-18-15/h4-5,7,9H,6,8,10H2,1-3H3,(H,17,18). The van der Waals surface area contributed by atoms with E-state index in [0.717, 1.165) is 23.6 Å². The van der Waals surface area contributed by atoms with E-state index in [1.165, 1.54) is 24.1 Å². The molecule has 3 rings (SSSR count). The number of nitrogens with one attached hydrogen (secondary N) is 1. The molecule has 0 amide bonds. The third-order valence-electron chi connectivity index (χ3n) is 4.03. The van der Waals surface area contributed by atoms with Gasteiger partial charge in [-0.3, -0.25) is 5.10 Å². The van der Waals surface area contributed by atoms with Crippen LogP contribution in [0.3, 0.4) is 0 Å². The molecule has 3 heteroatoms. The highest BCUT2D eigenvalue weighted by molar-refractivity contribution is 5.41. The van der Waals surface area contributed by atoms with Gasteiger partial charge in [0.05, 0.1) is 0 Å². The molecular weight excluding hydrogens is 236 g/mol. The molecule has 1 aromatic heterocycles. The molecule has 1 aliphatic rings. The topological polar surface area (TPSA) is 37.9 Å². The van der Waals surface area contributed by atoms with E-state index in [0.29, 0.717) is 0 Å². The van der Waals surface area contributed by atoms with Crippen molar-refractivity contribution in [3.05, 3.63) is 41.1 Å². The summed E-state index contributed by atoms with van der Waals surface area (Å²) in [5, 5.41) is 7.56. The molecule has 0 saturated carbocycles. The van der Waals surface area contributed by atoms with Crippen molar-refractivity contribution in [2.45, 2.75) is 45.4 Å². The molecule has 100 valence electrons. The Morgan fingerprint density at radius 1 is 1.26 bits per heavy atom. The maximum atomic E-state index is 6.00. The van der Waals surface area contributed by atoms with Crippen molar-refractivity contribution in [2.75, 3.05) is 0 Å². The summed E-state index contributed by atoms with van der Waals surface area (Å²) in [6, 6.07) is 8.06. The third-order valence-corrected chi connectivity index (χ3v) is 4.03. The van der Waals surface area contributed by atoms with Gasteiger partial charge >= 0.3 is 0 Å². The second-order valence-corrected chi connectivity index (χ2v) is 5.99. The summed E-state index contributed by atoms with van der Waals surface area (Å²) in [7, 11) is 0. The van der Waals surface area contributed by atoms with Crippen molar-refractivity contribution in [1.82, 2.24) is 10.2 Å². The number of aryl methyl sites for hydroxylation is 1. The molecular formula is C16H20N2O. The second kappa shape index (κ2) is 4.41. The van der Waals surface area contributed by atoms with Crippen molar-refractivity contribution in [2.24, 2.45) is 0 Å². The van der Waals surface area contributed by atoms with Crippen molar-refractivity contribution in [3.8, 4) is 11.6 Å². The predicted molar refractivity (Wildman–Crippen MR) is 75.8 cm³/mol. The minimum absolute atomic E-state index is 0.175. The third kappa shape index (κ3) is 2.14. The molecule has 1 aliphatic carbocycles. The maximum absolute atomic E-state index is 6.00. The Bertz CT molecular complexity index is 599. The van der Waals surface area contributed by atoms with Crippen molar-refractivity contribution in [1.29, 1.82) is 0 Å². The van der Waals surface area contributed by atoms with Gasteiger partial charge in [-0.05, 0) is 37.8 Å². The molecule has 0 aliphatic heterocycles. The van der Waals surface area contributed by atoms with Crippen LogP contribution in [0.15, 0.2) is 24.3 Å². The molecule has 1 heterocycles. The van der Waals surface area contributed by atoms with Crippen LogP contribution < -0.4 is 4.74 Å². The Labute approximate surface area is 114 Å². The fourth-order valence-corrected chi connectivity index (χ4v) is 2.83. The molecule has 0 saturated heterocycles. The molecule has 0 spiro atoms. The summed E-state index contributed by atoms with van der Waals surface area (Å²) in [5.74, 6) is 1.64. The Morgan fingerprint density at radius 3 is 2.84 bits per heavy atom. The number of hydrogen-bond acceptors (Lipinski definition) is 2. The first kappa shape index (κ1) is 12.3. The quantitative estimate of drug-likeness (QED) is 0.877. The van der Waals surface area contributed by atoms with Crippen LogP contribution in [-0.4, -0.2) is 10.2 Å². The zero-order valence-corrected chi connectivity index (χ0v) is 11.8. The maximum Gasteiger partial charge on any atom is 0.241 e. The average molecular weight is 256 g/mol. The van der Waals surface area contributed by atoms with Gasteiger partial charge in [0.2, 0.25) is 5.88 Å². The van der Waals surface area contributed by atoms with E-state index in [1.807, 2.05) is 18.2 Å². The molecule has 1 aromatic carbocycles. The van der Waals surface area contributed by atoms with E-state index in [2.05, 4.69) is 37.0 Å². The Morgan fingerprint density at radius 2 is 2.05 bits per heavy atom. The lowest BCUT2D eigenvalue weighted by Gasteiger charge is -2.28. The van der Waals surface area contributed by atoms with Crippen LogP contribution in [-0.2, 0) is 11.8 Å². The van der Waals surface area contributed by atoms with E-state index >= 15 is 0 Å². The van der Waals surface area contributed by atoms with Gasteiger partial charge in [0.25, 0.3) is 0 Å². The minimum atomic E-state index is 0.175. The lowest BCUT2D eigenvalue weighted by Crippen LogP contribution is -2.23. The first-order valence-corrected chi connectivity index (χ1v) is 6.89. The van der Waals surface area contributed by atoms with E-state index in [-0.39, 0.29) is 5.41 Å². The summed E-state index contributed by atoms with van der Waals surface area (Å²) < 4.78 is 6.00. The number of nitrogens with zero attached hydrogens (tertiary/aromatic N) is 1. The van der Waals surface area contributed by atoms with Crippen molar-refractivity contribution in [3.63, 3.8) is 0 Å². The number of fused-ring (bicyclic) bond motifs is 1. The molecule has 0 fully saturated rings. The van der Waals surface area contributed by atoms with E-state index in [9.17, 15) is 0 Å².